The van der Waals surface area contributed by atoms with Crippen LogP contribution in [0.5, 0.6) is 5.75 Å². The Morgan fingerprint density at radius 2 is 1.90 bits per heavy atom. The largest absolute Gasteiger partial charge is 0.466 e. The van der Waals surface area contributed by atoms with Crippen LogP contribution in [0.15, 0.2) is 36.9 Å². The summed E-state index contributed by atoms with van der Waals surface area (Å²) in [5, 5.41) is 14.5. The van der Waals surface area contributed by atoms with E-state index in [9.17, 15) is 9.50 Å². The van der Waals surface area contributed by atoms with Crippen molar-refractivity contribution in [2.75, 3.05) is 0 Å². The van der Waals surface area contributed by atoms with Gasteiger partial charge in [-0.1, -0.05) is 20.8 Å². The molecule has 2 aromatic rings. The summed E-state index contributed by atoms with van der Waals surface area (Å²) in [6, 6.07) is 5.62. The second kappa shape index (κ2) is 5.58. The van der Waals surface area contributed by atoms with Crippen molar-refractivity contribution in [3.63, 3.8) is 0 Å². The number of ether oxygens (including phenoxy) is 1. The Balaban J connectivity index is 2.26. The number of rotatable bonds is 4. The van der Waals surface area contributed by atoms with Crippen LogP contribution in [0.1, 0.15) is 27.0 Å². The van der Waals surface area contributed by atoms with Crippen molar-refractivity contribution in [1.29, 1.82) is 0 Å². The Kier molecular flexibility index (Phi) is 4.04. The van der Waals surface area contributed by atoms with Gasteiger partial charge in [0, 0.05) is 0 Å². The Hall–Kier alpha value is -1.95. The highest BCUT2D eigenvalue weighted by molar-refractivity contribution is 5.22. The fraction of sp³-hybridized carbons (Fsp3) is 0.429. The summed E-state index contributed by atoms with van der Waals surface area (Å²) in [5.41, 5.74) is -0.406. The van der Waals surface area contributed by atoms with Crippen LogP contribution in [0.25, 0.3) is 0 Å². The topological polar surface area (TPSA) is 60.2 Å². The third-order valence-electron chi connectivity index (χ3n) is 2.93. The number of benzene rings is 1. The molecule has 108 valence electrons. The smallest absolute Gasteiger partial charge is 0.219 e. The summed E-state index contributed by atoms with van der Waals surface area (Å²) in [7, 11) is 0. The van der Waals surface area contributed by atoms with Gasteiger partial charge in [0.2, 0.25) is 6.23 Å². The molecular weight excluding hydrogens is 261 g/mol. The first kappa shape index (κ1) is 14.5. The van der Waals surface area contributed by atoms with Gasteiger partial charge in [-0.05, 0) is 29.7 Å². The van der Waals surface area contributed by atoms with E-state index in [1.165, 1.54) is 41.6 Å². The number of hydrogen-bond acceptors (Lipinski definition) is 4. The molecule has 1 aromatic heterocycles. The fourth-order valence-corrected chi connectivity index (χ4v) is 1.69. The van der Waals surface area contributed by atoms with Crippen molar-refractivity contribution in [3.8, 4) is 5.75 Å². The van der Waals surface area contributed by atoms with Crippen LogP contribution in [-0.2, 0) is 0 Å². The van der Waals surface area contributed by atoms with Crippen LogP contribution >= 0.6 is 0 Å². The van der Waals surface area contributed by atoms with Crippen molar-refractivity contribution >= 4 is 0 Å². The second-order valence-electron chi connectivity index (χ2n) is 5.65. The van der Waals surface area contributed by atoms with E-state index in [2.05, 4.69) is 10.1 Å². The molecule has 2 atom stereocenters. The van der Waals surface area contributed by atoms with Gasteiger partial charge < -0.3 is 9.84 Å². The van der Waals surface area contributed by atoms with Gasteiger partial charge in [-0.3, -0.25) is 0 Å². The highest BCUT2D eigenvalue weighted by Gasteiger charge is 2.34. The van der Waals surface area contributed by atoms with E-state index in [0.29, 0.717) is 5.75 Å². The van der Waals surface area contributed by atoms with E-state index < -0.39 is 17.7 Å². The molecule has 1 N–H and O–H groups in total. The first-order valence-electron chi connectivity index (χ1n) is 6.32. The zero-order valence-corrected chi connectivity index (χ0v) is 11.7. The molecule has 0 fully saturated rings. The third kappa shape index (κ3) is 3.33. The van der Waals surface area contributed by atoms with Gasteiger partial charge in [0.15, 0.2) is 0 Å². The maximum absolute atomic E-state index is 12.9. The van der Waals surface area contributed by atoms with E-state index in [-0.39, 0.29) is 5.82 Å². The van der Waals surface area contributed by atoms with Gasteiger partial charge in [0.25, 0.3) is 0 Å². The van der Waals surface area contributed by atoms with Crippen molar-refractivity contribution in [3.05, 3.63) is 42.7 Å². The Labute approximate surface area is 117 Å². The molecule has 0 aliphatic rings. The molecule has 0 saturated carbocycles. The van der Waals surface area contributed by atoms with Gasteiger partial charge in [-0.15, -0.1) is 0 Å². The van der Waals surface area contributed by atoms with Gasteiger partial charge in [0.1, 0.15) is 30.3 Å². The minimum atomic E-state index is -0.811. The number of aromatic nitrogens is 3. The first-order valence-corrected chi connectivity index (χ1v) is 6.32. The number of hydrogen-bond donors (Lipinski definition) is 1. The molecule has 0 saturated heterocycles. The first-order chi connectivity index (χ1) is 9.38. The minimum absolute atomic E-state index is 0.342. The standard InChI is InChI=1S/C14H18FN3O2/c1-14(2,3)12(19)13(18-9-16-8-17-18)20-11-6-4-10(15)5-7-11/h4-9,12-13,19H,1-3H3. The van der Waals surface area contributed by atoms with E-state index in [0.717, 1.165) is 0 Å². The van der Waals surface area contributed by atoms with Gasteiger partial charge in [-0.2, -0.15) is 5.10 Å². The lowest BCUT2D eigenvalue weighted by atomic mass is 9.88. The second-order valence-corrected chi connectivity index (χ2v) is 5.65. The molecule has 5 nitrogen and oxygen atoms in total. The average molecular weight is 279 g/mol. The molecule has 2 rings (SSSR count). The molecule has 1 aromatic carbocycles. The summed E-state index contributed by atoms with van der Waals surface area (Å²) in [4.78, 5) is 3.86. The van der Waals surface area contributed by atoms with Gasteiger partial charge in [-0.25, -0.2) is 14.1 Å². The van der Waals surface area contributed by atoms with E-state index in [1.54, 1.807) is 0 Å². The lowest BCUT2D eigenvalue weighted by molar-refractivity contribution is -0.0731. The van der Waals surface area contributed by atoms with Crippen LogP contribution in [-0.4, -0.2) is 26.0 Å². The van der Waals surface area contributed by atoms with E-state index in [1.807, 2.05) is 20.8 Å². The summed E-state index contributed by atoms with van der Waals surface area (Å²) >= 11 is 0. The normalized spacial score (nSPS) is 14.8. The summed E-state index contributed by atoms with van der Waals surface area (Å²) in [6.07, 6.45) is 1.30. The van der Waals surface area contributed by atoms with Crippen LogP contribution < -0.4 is 4.74 Å². The predicted octanol–water partition coefficient (Wildman–Crippen LogP) is 2.40. The quantitative estimate of drug-likeness (QED) is 0.933. The maximum atomic E-state index is 12.9. The lowest BCUT2D eigenvalue weighted by Crippen LogP contribution is -2.38. The summed E-state index contributed by atoms with van der Waals surface area (Å²) < 4.78 is 20.1. The highest BCUT2D eigenvalue weighted by atomic mass is 19.1. The molecule has 0 bridgehead atoms. The minimum Gasteiger partial charge on any atom is -0.466 e. The molecule has 0 amide bonds. The van der Waals surface area contributed by atoms with Crippen LogP contribution in [0, 0.1) is 11.2 Å². The van der Waals surface area contributed by atoms with Crippen LogP contribution in [0.3, 0.4) is 0 Å². The SMILES string of the molecule is CC(C)(C)C(O)C(Oc1ccc(F)cc1)n1cncn1. The third-order valence-corrected chi connectivity index (χ3v) is 2.93. The van der Waals surface area contributed by atoms with Gasteiger partial charge >= 0.3 is 0 Å². The zero-order valence-electron chi connectivity index (χ0n) is 11.7. The van der Waals surface area contributed by atoms with Crippen molar-refractivity contribution in [2.45, 2.75) is 33.1 Å². The predicted molar refractivity (Wildman–Crippen MR) is 71.5 cm³/mol. The van der Waals surface area contributed by atoms with Gasteiger partial charge in [0.05, 0.1) is 0 Å². The molecule has 0 radical (unpaired) electrons. The lowest BCUT2D eigenvalue weighted by Gasteiger charge is -2.32. The Bertz CT molecular complexity index is 535. The van der Waals surface area contributed by atoms with Crippen LogP contribution in [0.2, 0.25) is 0 Å². The fourth-order valence-electron chi connectivity index (χ4n) is 1.69. The molecular formula is C14H18FN3O2. The van der Waals surface area contributed by atoms with E-state index >= 15 is 0 Å². The Morgan fingerprint density at radius 3 is 2.40 bits per heavy atom. The molecule has 0 spiro atoms. The van der Waals surface area contributed by atoms with Crippen LogP contribution in [0.4, 0.5) is 4.39 Å². The number of nitrogens with zero attached hydrogens (tertiary/aromatic N) is 3. The number of aliphatic hydroxyl groups excluding tert-OH is 1. The van der Waals surface area contributed by atoms with Crippen molar-refractivity contribution in [2.24, 2.45) is 5.41 Å². The molecule has 2 unspecified atom stereocenters. The molecule has 20 heavy (non-hydrogen) atoms. The zero-order chi connectivity index (χ0) is 14.8. The van der Waals surface area contributed by atoms with Crippen molar-refractivity contribution < 1.29 is 14.2 Å². The Morgan fingerprint density at radius 1 is 1.25 bits per heavy atom. The molecule has 0 aliphatic heterocycles. The highest BCUT2D eigenvalue weighted by Crippen LogP contribution is 2.30. The summed E-state index contributed by atoms with van der Waals surface area (Å²) in [5.74, 6) is 0.112. The van der Waals surface area contributed by atoms with Crippen molar-refractivity contribution in [1.82, 2.24) is 14.8 Å². The molecule has 6 heteroatoms. The maximum Gasteiger partial charge on any atom is 0.219 e. The average Bonchev–Trinajstić information content (AvgIpc) is 2.90. The van der Waals surface area contributed by atoms with E-state index in [4.69, 9.17) is 4.74 Å². The monoisotopic (exact) mass is 279 g/mol. The molecule has 0 aliphatic carbocycles. The number of halogens is 1. The molecule has 1 heterocycles. The number of aliphatic hydroxyl groups is 1. The summed E-state index contributed by atoms with van der Waals surface area (Å²) in [6.45, 7) is 5.70.